The highest BCUT2D eigenvalue weighted by Gasteiger charge is 2.56. The number of fused-ring (bicyclic) bond motifs is 1. The van der Waals surface area contributed by atoms with Gasteiger partial charge in [0.2, 0.25) is 5.91 Å². The Hall–Kier alpha value is -1.36. The highest BCUT2D eigenvalue weighted by Crippen LogP contribution is 2.48. The van der Waals surface area contributed by atoms with Crippen LogP contribution in [-0.4, -0.2) is 38.1 Å². The summed E-state index contributed by atoms with van der Waals surface area (Å²) in [5.41, 5.74) is -0.797. The molecule has 1 aromatic carbocycles. The minimum atomic E-state index is -3.46. The van der Waals surface area contributed by atoms with Crippen molar-refractivity contribution in [2.75, 3.05) is 12.8 Å². The van der Waals surface area contributed by atoms with Crippen molar-refractivity contribution in [1.29, 1.82) is 0 Å². The van der Waals surface area contributed by atoms with Gasteiger partial charge in [-0.15, -0.1) is 0 Å². The highest BCUT2D eigenvalue weighted by atomic mass is 32.2. The molecule has 1 amide bonds. The number of hydrogen-bond donors (Lipinski definition) is 0. The molecule has 1 aliphatic heterocycles. The number of sulfone groups is 1. The summed E-state index contributed by atoms with van der Waals surface area (Å²) in [4.78, 5) is 14.9. The Morgan fingerprint density at radius 2 is 1.82 bits per heavy atom. The van der Waals surface area contributed by atoms with Crippen LogP contribution in [0.5, 0.6) is 0 Å². The molecule has 0 aromatic heterocycles. The standard InChI is InChI=1S/C17H23NO3S/c1-17(12-22(20,21)13-8-4-3-5-9-13)14-10-6-7-11-15(14)18(2)16(17)19/h3-5,8-9,14-15H,6-7,10-12H2,1-2H3. The monoisotopic (exact) mass is 321 g/mol. The van der Waals surface area contributed by atoms with Gasteiger partial charge in [0.25, 0.3) is 0 Å². The Labute approximate surface area is 132 Å². The van der Waals surface area contributed by atoms with Crippen LogP contribution in [0.25, 0.3) is 0 Å². The summed E-state index contributed by atoms with van der Waals surface area (Å²) in [6.45, 7) is 1.85. The van der Waals surface area contributed by atoms with E-state index in [-0.39, 0.29) is 23.6 Å². The second kappa shape index (κ2) is 5.37. The van der Waals surface area contributed by atoms with Crippen LogP contribution in [0.15, 0.2) is 35.2 Å². The fourth-order valence-electron chi connectivity index (χ4n) is 4.30. The normalized spacial score (nSPS) is 32.1. The zero-order chi connectivity index (χ0) is 16.0. The molecule has 1 aliphatic carbocycles. The smallest absolute Gasteiger partial charge is 0.229 e. The minimum absolute atomic E-state index is 0.0103. The van der Waals surface area contributed by atoms with Gasteiger partial charge in [-0.05, 0) is 37.8 Å². The minimum Gasteiger partial charge on any atom is -0.342 e. The molecule has 3 atom stereocenters. The number of hydrogen-bond acceptors (Lipinski definition) is 3. The topological polar surface area (TPSA) is 54.5 Å². The Bertz CT molecular complexity index is 670. The van der Waals surface area contributed by atoms with Gasteiger partial charge in [0.15, 0.2) is 9.84 Å². The summed E-state index contributed by atoms with van der Waals surface area (Å²) in [6.07, 6.45) is 4.15. The predicted molar refractivity (Wildman–Crippen MR) is 85.1 cm³/mol. The van der Waals surface area contributed by atoms with Crippen molar-refractivity contribution < 1.29 is 13.2 Å². The summed E-state index contributed by atoms with van der Waals surface area (Å²) < 4.78 is 25.5. The zero-order valence-electron chi connectivity index (χ0n) is 13.2. The van der Waals surface area contributed by atoms with E-state index in [1.54, 1.807) is 35.2 Å². The van der Waals surface area contributed by atoms with Crippen LogP contribution in [0, 0.1) is 11.3 Å². The van der Waals surface area contributed by atoms with Gasteiger partial charge in [-0.1, -0.05) is 31.0 Å². The van der Waals surface area contributed by atoms with E-state index in [9.17, 15) is 13.2 Å². The van der Waals surface area contributed by atoms with Crippen LogP contribution in [-0.2, 0) is 14.6 Å². The van der Waals surface area contributed by atoms with Gasteiger partial charge in [0.1, 0.15) is 0 Å². The lowest BCUT2D eigenvalue weighted by molar-refractivity contribution is -0.134. The van der Waals surface area contributed by atoms with Gasteiger partial charge in [-0.2, -0.15) is 0 Å². The fraction of sp³-hybridized carbons (Fsp3) is 0.588. The van der Waals surface area contributed by atoms with Crippen LogP contribution >= 0.6 is 0 Å². The molecule has 4 nitrogen and oxygen atoms in total. The first-order valence-electron chi connectivity index (χ1n) is 7.91. The van der Waals surface area contributed by atoms with E-state index in [2.05, 4.69) is 0 Å². The van der Waals surface area contributed by atoms with E-state index in [1.165, 1.54) is 0 Å². The van der Waals surface area contributed by atoms with Gasteiger partial charge in [0.05, 0.1) is 16.1 Å². The molecule has 0 N–H and O–H groups in total. The number of carbonyl (C=O) groups excluding carboxylic acids is 1. The lowest BCUT2D eigenvalue weighted by atomic mass is 9.72. The zero-order valence-corrected chi connectivity index (χ0v) is 14.0. The number of benzene rings is 1. The molecule has 5 heteroatoms. The molecular weight excluding hydrogens is 298 g/mol. The van der Waals surface area contributed by atoms with Crippen LogP contribution in [0.1, 0.15) is 32.6 Å². The maximum atomic E-state index is 12.8. The molecule has 1 saturated carbocycles. The van der Waals surface area contributed by atoms with Crippen molar-refractivity contribution in [2.24, 2.45) is 11.3 Å². The van der Waals surface area contributed by atoms with Gasteiger partial charge < -0.3 is 4.90 Å². The highest BCUT2D eigenvalue weighted by molar-refractivity contribution is 7.91. The van der Waals surface area contributed by atoms with E-state index < -0.39 is 15.3 Å². The summed E-state index contributed by atoms with van der Waals surface area (Å²) in [7, 11) is -1.63. The summed E-state index contributed by atoms with van der Waals surface area (Å²) in [6, 6.07) is 8.67. The molecule has 1 aromatic rings. The number of amides is 1. The third-order valence-electron chi connectivity index (χ3n) is 5.45. The largest absolute Gasteiger partial charge is 0.342 e. The first-order valence-corrected chi connectivity index (χ1v) is 9.56. The van der Waals surface area contributed by atoms with Gasteiger partial charge in [-0.25, -0.2) is 8.42 Å². The predicted octanol–water partition coefficient (Wildman–Crippen LogP) is 2.50. The average molecular weight is 321 g/mol. The lowest BCUT2D eigenvalue weighted by Crippen LogP contribution is -2.39. The van der Waals surface area contributed by atoms with Crippen molar-refractivity contribution in [3.05, 3.63) is 30.3 Å². The molecule has 120 valence electrons. The fourth-order valence-corrected chi connectivity index (χ4v) is 6.17. The molecule has 2 aliphatic rings. The number of nitrogens with zero attached hydrogens (tertiary/aromatic N) is 1. The second-order valence-corrected chi connectivity index (χ2v) is 8.85. The average Bonchev–Trinajstić information content (AvgIpc) is 2.70. The van der Waals surface area contributed by atoms with Crippen molar-refractivity contribution in [2.45, 2.75) is 43.5 Å². The maximum Gasteiger partial charge on any atom is 0.229 e. The van der Waals surface area contributed by atoms with Crippen molar-refractivity contribution in [3.8, 4) is 0 Å². The van der Waals surface area contributed by atoms with Crippen LogP contribution in [0.2, 0.25) is 0 Å². The molecule has 0 radical (unpaired) electrons. The molecule has 1 heterocycles. The van der Waals surface area contributed by atoms with E-state index in [1.807, 2.05) is 14.0 Å². The molecule has 0 spiro atoms. The Kier molecular flexibility index (Phi) is 3.79. The van der Waals surface area contributed by atoms with E-state index in [0.29, 0.717) is 4.90 Å². The molecule has 3 unspecified atom stereocenters. The van der Waals surface area contributed by atoms with E-state index >= 15 is 0 Å². The molecule has 3 rings (SSSR count). The first-order chi connectivity index (χ1) is 10.4. The van der Waals surface area contributed by atoms with E-state index in [0.717, 1.165) is 25.7 Å². The molecule has 1 saturated heterocycles. The maximum absolute atomic E-state index is 12.8. The van der Waals surface area contributed by atoms with Gasteiger partial charge in [-0.3, -0.25) is 4.79 Å². The van der Waals surface area contributed by atoms with Crippen molar-refractivity contribution in [3.63, 3.8) is 0 Å². The van der Waals surface area contributed by atoms with Gasteiger partial charge in [0, 0.05) is 13.1 Å². The summed E-state index contributed by atoms with van der Waals surface area (Å²) >= 11 is 0. The number of carbonyl (C=O) groups is 1. The third-order valence-corrected chi connectivity index (χ3v) is 7.42. The Balaban J connectivity index is 1.94. The summed E-state index contributed by atoms with van der Waals surface area (Å²) in [5, 5.41) is 0. The Morgan fingerprint density at radius 1 is 1.18 bits per heavy atom. The molecule has 0 bridgehead atoms. The SMILES string of the molecule is CN1C(=O)C(C)(CS(=O)(=O)c2ccccc2)C2CCCCC21. The second-order valence-electron chi connectivity index (χ2n) is 6.86. The van der Waals surface area contributed by atoms with Crippen LogP contribution in [0.3, 0.4) is 0 Å². The lowest BCUT2D eigenvalue weighted by Gasteiger charge is -2.34. The third kappa shape index (κ3) is 2.35. The van der Waals surface area contributed by atoms with Crippen molar-refractivity contribution >= 4 is 15.7 Å². The molecule has 2 fully saturated rings. The first kappa shape index (κ1) is 15.5. The van der Waals surface area contributed by atoms with E-state index in [4.69, 9.17) is 0 Å². The van der Waals surface area contributed by atoms with Crippen LogP contribution in [0.4, 0.5) is 0 Å². The van der Waals surface area contributed by atoms with Crippen LogP contribution < -0.4 is 0 Å². The molecular formula is C17H23NO3S. The van der Waals surface area contributed by atoms with Gasteiger partial charge >= 0.3 is 0 Å². The van der Waals surface area contributed by atoms with Crippen molar-refractivity contribution in [1.82, 2.24) is 4.90 Å². The number of likely N-dealkylation sites (tertiary alicyclic amines) is 1. The summed E-state index contributed by atoms with van der Waals surface area (Å²) in [5.74, 6) is 0.0510. The molecule has 22 heavy (non-hydrogen) atoms. The Morgan fingerprint density at radius 3 is 2.50 bits per heavy atom. The quantitative estimate of drug-likeness (QED) is 0.859. The number of rotatable bonds is 3.